The largest absolute Gasteiger partial charge is 0.340 e. The Labute approximate surface area is 141 Å². The van der Waals surface area contributed by atoms with Gasteiger partial charge in [0.1, 0.15) is 6.04 Å². The fourth-order valence-electron chi connectivity index (χ4n) is 2.28. The zero-order chi connectivity index (χ0) is 16.8. The molecule has 1 N–H and O–H groups in total. The van der Waals surface area contributed by atoms with Crippen LogP contribution in [0.25, 0.3) is 0 Å². The van der Waals surface area contributed by atoms with Gasteiger partial charge in [-0.1, -0.05) is 36.4 Å². The van der Waals surface area contributed by atoms with Gasteiger partial charge < -0.3 is 10.2 Å². The van der Waals surface area contributed by atoms with E-state index in [-0.39, 0.29) is 17.9 Å². The average molecular weight is 330 g/mol. The van der Waals surface area contributed by atoms with Crippen LogP contribution in [0.1, 0.15) is 36.0 Å². The molecule has 122 valence electrons. The first-order chi connectivity index (χ1) is 11.0. The lowest BCUT2D eigenvalue weighted by molar-refractivity contribution is -0.135. The zero-order valence-corrected chi connectivity index (χ0v) is 14.5. The highest BCUT2D eigenvalue weighted by molar-refractivity contribution is 7.12. The molecular weight excluding hydrogens is 308 g/mol. The topological polar surface area (TPSA) is 49.4 Å². The molecule has 0 bridgehead atoms. The number of carbonyl (C=O) groups excluding carboxylic acids is 2. The fourth-order valence-corrected chi connectivity index (χ4v) is 2.91. The summed E-state index contributed by atoms with van der Waals surface area (Å²) in [6, 6.07) is 12.9. The van der Waals surface area contributed by atoms with Crippen molar-refractivity contribution in [2.45, 2.75) is 39.4 Å². The van der Waals surface area contributed by atoms with Crippen molar-refractivity contribution in [3.05, 3.63) is 58.3 Å². The van der Waals surface area contributed by atoms with E-state index in [0.717, 1.165) is 5.56 Å². The van der Waals surface area contributed by atoms with Gasteiger partial charge in [-0.25, -0.2) is 0 Å². The number of hydrogen-bond acceptors (Lipinski definition) is 3. The van der Waals surface area contributed by atoms with Gasteiger partial charge in [0.05, 0.1) is 4.88 Å². The molecule has 4 nitrogen and oxygen atoms in total. The number of carbonyl (C=O) groups is 2. The molecule has 2 amide bonds. The molecule has 1 atom stereocenters. The molecule has 0 saturated carbocycles. The third-order valence-electron chi connectivity index (χ3n) is 3.57. The van der Waals surface area contributed by atoms with Crippen molar-refractivity contribution in [1.82, 2.24) is 10.2 Å². The summed E-state index contributed by atoms with van der Waals surface area (Å²) < 4.78 is 0. The molecule has 23 heavy (non-hydrogen) atoms. The predicted octanol–water partition coefficient (Wildman–Crippen LogP) is 3.30. The molecule has 0 aliphatic heterocycles. The second kappa shape index (κ2) is 7.92. The van der Waals surface area contributed by atoms with E-state index in [1.165, 1.54) is 11.3 Å². The van der Waals surface area contributed by atoms with Gasteiger partial charge in [-0.05, 0) is 37.8 Å². The van der Waals surface area contributed by atoms with Crippen LogP contribution in [0.2, 0.25) is 0 Å². The highest BCUT2D eigenvalue weighted by Gasteiger charge is 2.24. The maximum atomic E-state index is 12.7. The molecule has 1 heterocycles. The van der Waals surface area contributed by atoms with E-state index in [4.69, 9.17) is 0 Å². The fraction of sp³-hybridized carbons (Fsp3) is 0.333. The van der Waals surface area contributed by atoms with Gasteiger partial charge in [-0.15, -0.1) is 11.3 Å². The number of nitrogens with zero attached hydrogens (tertiary/aromatic N) is 1. The number of rotatable bonds is 6. The van der Waals surface area contributed by atoms with Crippen molar-refractivity contribution in [1.29, 1.82) is 0 Å². The van der Waals surface area contributed by atoms with Crippen LogP contribution in [0.4, 0.5) is 0 Å². The number of hydrogen-bond donors (Lipinski definition) is 1. The molecule has 0 fully saturated rings. The van der Waals surface area contributed by atoms with Gasteiger partial charge in [-0.3, -0.25) is 9.59 Å². The highest BCUT2D eigenvalue weighted by atomic mass is 32.1. The zero-order valence-electron chi connectivity index (χ0n) is 13.7. The van der Waals surface area contributed by atoms with Crippen molar-refractivity contribution in [2.75, 3.05) is 0 Å². The average Bonchev–Trinajstić information content (AvgIpc) is 3.07. The number of amides is 2. The quantitative estimate of drug-likeness (QED) is 0.883. The molecule has 2 rings (SSSR count). The van der Waals surface area contributed by atoms with Gasteiger partial charge in [0.25, 0.3) is 5.91 Å². The minimum Gasteiger partial charge on any atom is -0.340 e. The van der Waals surface area contributed by atoms with E-state index in [1.54, 1.807) is 17.9 Å². The van der Waals surface area contributed by atoms with Crippen molar-refractivity contribution in [2.24, 2.45) is 0 Å². The van der Waals surface area contributed by atoms with Gasteiger partial charge in [-0.2, -0.15) is 0 Å². The lowest BCUT2D eigenvalue weighted by Gasteiger charge is -2.29. The van der Waals surface area contributed by atoms with E-state index >= 15 is 0 Å². The minimum atomic E-state index is -0.560. The second-order valence-electron chi connectivity index (χ2n) is 5.72. The van der Waals surface area contributed by atoms with Crippen LogP contribution in [0, 0.1) is 0 Å². The van der Waals surface area contributed by atoms with Gasteiger partial charge >= 0.3 is 0 Å². The first-order valence-electron chi connectivity index (χ1n) is 7.68. The summed E-state index contributed by atoms with van der Waals surface area (Å²) in [5.41, 5.74) is 1.08. The normalized spacial score (nSPS) is 12.0. The Hall–Kier alpha value is -2.14. The summed E-state index contributed by atoms with van der Waals surface area (Å²) in [7, 11) is 0. The molecule has 0 radical (unpaired) electrons. The number of benzene rings is 1. The van der Waals surface area contributed by atoms with E-state index < -0.39 is 6.04 Å². The van der Waals surface area contributed by atoms with Crippen LogP contribution in [-0.2, 0) is 11.3 Å². The van der Waals surface area contributed by atoms with Gasteiger partial charge in [0.2, 0.25) is 5.91 Å². The summed E-state index contributed by atoms with van der Waals surface area (Å²) >= 11 is 1.37. The molecule has 5 heteroatoms. The maximum Gasteiger partial charge on any atom is 0.261 e. The van der Waals surface area contributed by atoms with E-state index in [1.807, 2.05) is 55.6 Å². The minimum absolute atomic E-state index is 0.0591. The Bertz CT molecular complexity index is 638. The summed E-state index contributed by atoms with van der Waals surface area (Å²) in [6.07, 6.45) is 0. The Balaban J connectivity index is 2.03. The van der Waals surface area contributed by atoms with Crippen LogP contribution in [0.3, 0.4) is 0 Å². The summed E-state index contributed by atoms with van der Waals surface area (Å²) in [6.45, 7) is 6.23. The molecular formula is C18H22N2O2S. The van der Waals surface area contributed by atoms with E-state index in [9.17, 15) is 9.59 Å². The van der Waals surface area contributed by atoms with Crippen molar-refractivity contribution < 1.29 is 9.59 Å². The maximum absolute atomic E-state index is 12.7. The van der Waals surface area contributed by atoms with Gasteiger partial charge in [0, 0.05) is 12.6 Å². The third kappa shape index (κ3) is 4.66. The lowest BCUT2D eigenvalue weighted by Crippen LogP contribution is -2.48. The third-order valence-corrected chi connectivity index (χ3v) is 4.43. The Morgan fingerprint density at radius 1 is 1.09 bits per heavy atom. The molecule has 1 aromatic heterocycles. The van der Waals surface area contributed by atoms with Crippen LogP contribution >= 0.6 is 11.3 Å². The van der Waals surface area contributed by atoms with E-state index in [0.29, 0.717) is 11.4 Å². The SMILES string of the molecule is CC(NC(=O)c1cccs1)C(=O)N(Cc1ccccc1)C(C)C. The van der Waals surface area contributed by atoms with Crippen molar-refractivity contribution >= 4 is 23.2 Å². The monoisotopic (exact) mass is 330 g/mol. The smallest absolute Gasteiger partial charge is 0.261 e. The molecule has 1 aromatic carbocycles. The molecule has 0 spiro atoms. The second-order valence-corrected chi connectivity index (χ2v) is 6.67. The molecule has 1 unspecified atom stereocenters. The van der Waals surface area contributed by atoms with Crippen LogP contribution in [0.15, 0.2) is 47.8 Å². The Morgan fingerprint density at radius 2 is 1.78 bits per heavy atom. The number of nitrogens with one attached hydrogen (secondary N) is 1. The Kier molecular flexibility index (Phi) is 5.93. The standard InChI is InChI=1S/C18H22N2O2S/c1-13(2)20(12-15-8-5-4-6-9-15)18(22)14(3)19-17(21)16-10-7-11-23-16/h4-11,13-14H,12H2,1-3H3,(H,19,21). The highest BCUT2D eigenvalue weighted by Crippen LogP contribution is 2.12. The van der Waals surface area contributed by atoms with Crippen molar-refractivity contribution in [3.63, 3.8) is 0 Å². The molecule has 0 saturated heterocycles. The van der Waals surface area contributed by atoms with Crippen LogP contribution in [0.5, 0.6) is 0 Å². The molecule has 0 aliphatic carbocycles. The Morgan fingerprint density at radius 3 is 2.35 bits per heavy atom. The van der Waals surface area contributed by atoms with Crippen LogP contribution in [-0.4, -0.2) is 28.8 Å². The first-order valence-corrected chi connectivity index (χ1v) is 8.55. The molecule has 2 aromatic rings. The molecule has 0 aliphatic rings. The van der Waals surface area contributed by atoms with E-state index in [2.05, 4.69) is 5.32 Å². The summed E-state index contributed by atoms with van der Waals surface area (Å²) in [4.78, 5) is 27.2. The van der Waals surface area contributed by atoms with Crippen molar-refractivity contribution in [3.8, 4) is 0 Å². The summed E-state index contributed by atoms with van der Waals surface area (Å²) in [5, 5.41) is 4.63. The first kappa shape index (κ1) is 17.2. The number of thiophene rings is 1. The van der Waals surface area contributed by atoms with Gasteiger partial charge in [0.15, 0.2) is 0 Å². The predicted molar refractivity (Wildman–Crippen MR) is 93.4 cm³/mol. The lowest BCUT2D eigenvalue weighted by atomic mass is 10.1. The summed E-state index contributed by atoms with van der Waals surface area (Å²) in [5.74, 6) is -0.280. The van der Waals surface area contributed by atoms with Crippen LogP contribution < -0.4 is 5.32 Å².